The molecule has 1 aliphatic rings. The van der Waals surface area contributed by atoms with Gasteiger partial charge in [-0.2, -0.15) is 5.10 Å². The number of carbonyl (C=O) groups is 1. The number of benzene rings is 2. The second-order valence-corrected chi connectivity index (χ2v) is 8.33. The first kappa shape index (κ1) is 22.7. The second kappa shape index (κ2) is 9.97. The van der Waals surface area contributed by atoms with Crippen molar-refractivity contribution in [2.45, 2.75) is 25.3 Å². The molecule has 0 spiro atoms. The number of amides is 1. The van der Waals surface area contributed by atoms with E-state index in [2.05, 4.69) is 15.1 Å². The van der Waals surface area contributed by atoms with Gasteiger partial charge in [-0.3, -0.25) is 14.6 Å². The molecule has 1 fully saturated rings. The number of fused-ring (bicyclic) bond motifs is 1. The fraction of sp³-hybridized carbons (Fsp3) is 0.250. The number of nitrogens with one attached hydrogen (secondary N) is 1. The van der Waals surface area contributed by atoms with Crippen LogP contribution in [0, 0.1) is 0 Å². The summed E-state index contributed by atoms with van der Waals surface area (Å²) in [5.41, 5.74) is 1.88. The number of rotatable bonds is 5. The Balaban J connectivity index is 1.54. The number of likely N-dealkylation sites (tertiary alicyclic amines) is 1. The van der Waals surface area contributed by atoms with Crippen LogP contribution in [0.4, 0.5) is 5.69 Å². The molecule has 2 aromatic carbocycles. The van der Waals surface area contributed by atoms with Crippen molar-refractivity contribution in [3.8, 4) is 0 Å². The number of piperidine rings is 1. The van der Waals surface area contributed by atoms with Crippen LogP contribution in [0.5, 0.6) is 0 Å². The van der Waals surface area contributed by atoms with Crippen molar-refractivity contribution in [3.63, 3.8) is 0 Å². The fourth-order valence-electron chi connectivity index (χ4n) is 3.99. The molecule has 1 saturated heterocycles. The molecular weight excluding hydrogens is 442 g/mol. The van der Waals surface area contributed by atoms with Crippen molar-refractivity contribution in [2.75, 3.05) is 13.2 Å². The highest BCUT2D eigenvalue weighted by Crippen LogP contribution is 2.21. The summed E-state index contributed by atoms with van der Waals surface area (Å²) in [5, 5.41) is 14.6. The normalized spacial score (nSPS) is 17.1. The molecule has 0 radical (unpaired) electrons. The average molecular weight is 466 g/mol. The van der Waals surface area contributed by atoms with Gasteiger partial charge in [0.05, 0.1) is 30.1 Å². The maximum Gasteiger partial charge on any atom is 0.258 e. The topological polar surface area (TPSA) is 124 Å². The molecule has 8 nitrogen and oxygen atoms in total. The Bertz CT molecular complexity index is 1280. The Morgan fingerprint density at radius 3 is 2.73 bits per heavy atom. The number of nitrogens with two attached hydrogens (primary N) is 1. The first-order valence-corrected chi connectivity index (χ1v) is 11.0. The summed E-state index contributed by atoms with van der Waals surface area (Å²) in [6.45, 7) is 0.612. The first-order valence-electron chi connectivity index (χ1n) is 10.7. The number of aliphatic hydroxyl groups excluding tert-OH is 1. The maximum atomic E-state index is 12.8. The summed E-state index contributed by atoms with van der Waals surface area (Å²) in [7, 11) is 0. The van der Waals surface area contributed by atoms with E-state index in [9.17, 15) is 14.7 Å². The number of hydrogen-bond acceptors (Lipinski definition) is 6. The molecule has 4 rings (SSSR count). The summed E-state index contributed by atoms with van der Waals surface area (Å²) in [4.78, 5) is 34.2. The largest absolute Gasteiger partial charge is 0.394 e. The molecule has 1 atom stereocenters. The number of halogens is 1. The smallest absolute Gasteiger partial charge is 0.258 e. The van der Waals surface area contributed by atoms with Crippen molar-refractivity contribution in [3.05, 3.63) is 75.0 Å². The fourth-order valence-corrected chi connectivity index (χ4v) is 4.17. The summed E-state index contributed by atoms with van der Waals surface area (Å²) in [6, 6.07) is 13.5. The minimum atomic E-state index is -0.346. The lowest BCUT2D eigenvalue weighted by Crippen LogP contribution is -2.45. The molecule has 1 unspecified atom stereocenters. The van der Waals surface area contributed by atoms with Crippen LogP contribution in [0.25, 0.3) is 10.9 Å². The van der Waals surface area contributed by atoms with E-state index >= 15 is 0 Å². The highest BCUT2D eigenvalue weighted by atomic mass is 35.5. The van der Waals surface area contributed by atoms with Crippen molar-refractivity contribution in [1.82, 2.24) is 9.88 Å². The SMILES string of the molecule is NN=C(C=Nc1ccc(C(=O)N2CCCCC2CO)cc1)c1cc2cc(Cl)ccc2[nH]c1=O. The molecule has 1 amide bonds. The van der Waals surface area contributed by atoms with Crippen LogP contribution >= 0.6 is 11.6 Å². The summed E-state index contributed by atoms with van der Waals surface area (Å²) >= 11 is 6.05. The van der Waals surface area contributed by atoms with Gasteiger partial charge in [0.1, 0.15) is 5.71 Å². The van der Waals surface area contributed by atoms with Crippen LogP contribution in [-0.4, -0.2) is 52.0 Å². The molecule has 0 saturated carbocycles. The Kier molecular flexibility index (Phi) is 6.86. The number of hydrogen-bond donors (Lipinski definition) is 3. The number of pyridine rings is 1. The molecule has 1 aromatic heterocycles. The van der Waals surface area contributed by atoms with Crippen LogP contribution in [0.1, 0.15) is 35.2 Å². The summed E-state index contributed by atoms with van der Waals surface area (Å²) < 4.78 is 0. The third-order valence-electron chi connectivity index (χ3n) is 5.77. The molecule has 170 valence electrons. The molecule has 9 heteroatoms. The number of aromatic amines is 1. The van der Waals surface area contributed by atoms with E-state index in [-0.39, 0.29) is 35.4 Å². The van der Waals surface area contributed by atoms with Gasteiger partial charge in [-0.15, -0.1) is 0 Å². The monoisotopic (exact) mass is 465 g/mol. The van der Waals surface area contributed by atoms with Crippen LogP contribution in [0.2, 0.25) is 5.02 Å². The Hall–Kier alpha value is -3.49. The minimum absolute atomic E-state index is 0.0323. The number of aliphatic imine (C=N–C) groups is 1. The van der Waals surface area contributed by atoms with Crippen LogP contribution < -0.4 is 11.4 Å². The minimum Gasteiger partial charge on any atom is -0.394 e. The van der Waals surface area contributed by atoms with Gasteiger partial charge in [0.25, 0.3) is 11.5 Å². The average Bonchev–Trinajstić information content (AvgIpc) is 2.84. The Morgan fingerprint density at radius 2 is 2.00 bits per heavy atom. The van der Waals surface area contributed by atoms with Gasteiger partial charge in [0.2, 0.25) is 0 Å². The van der Waals surface area contributed by atoms with E-state index in [1.807, 2.05) is 0 Å². The van der Waals surface area contributed by atoms with Gasteiger partial charge >= 0.3 is 0 Å². The summed E-state index contributed by atoms with van der Waals surface area (Å²) in [5.74, 6) is 5.43. The second-order valence-electron chi connectivity index (χ2n) is 7.89. The van der Waals surface area contributed by atoms with Gasteiger partial charge in [0.15, 0.2) is 0 Å². The highest BCUT2D eigenvalue weighted by molar-refractivity contribution is 6.38. The number of nitrogens with zero attached hydrogens (tertiary/aromatic N) is 3. The molecule has 3 aromatic rings. The third kappa shape index (κ3) is 4.97. The van der Waals surface area contributed by atoms with Crippen molar-refractivity contribution in [2.24, 2.45) is 15.9 Å². The van der Waals surface area contributed by atoms with Gasteiger partial charge in [-0.25, -0.2) is 0 Å². The van der Waals surface area contributed by atoms with Gasteiger partial charge in [-0.05, 0) is 67.8 Å². The number of aromatic nitrogens is 1. The highest BCUT2D eigenvalue weighted by Gasteiger charge is 2.26. The van der Waals surface area contributed by atoms with Gasteiger partial charge in [-0.1, -0.05) is 11.6 Å². The molecule has 0 aliphatic carbocycles. The van der Waals surface area contributed by atoms with Crippen molar-refractivity contribution in [1.29, 1.82) is 0 Å². The molecule has 1 aliphatic heterocycles. The zero-order valence-corrected chi connectivity index (χ0v) is 18.6. The lowest BCUT2D eigenvalue weighted by atomic mass is 10.0. The zero-order valence-electron chi connectivity index (χ0n) is 17.9. The summed E-state index contributed by atoms with van der Waals surface area (Å²) in [6.07, 6.45) is 4.17. The van der Waals surface area contributed by atoms with E-state index in [1.54, 1.807) is 53.4 Å². The van der Waals surface area contributed by atoms with Gasteiger partial charge < -0.3 is 20.8 Å². The predicted octanol–water partition coefficient (Wildman–Crippen LogP) is 3.23. The van der Waals surface area contributed by atoms with E-state index in [1.165, 1.54) is 6.21 Å². The maximum absolute atomic E-state index is 12.8. The Morgan fingerprint density at radius 1 is 1.21 bits per heavy atom. The molecule has 0 bridgehead atoms. The van der Waals surface area contributed by atoms with E-state index < -0.39 is 0 Å². The first-order chi connectivity index (χ1) is 16.0. The predicted molar refractivity (Wildman–Crippen MR) is 131 cm³/mol. The number of aliphatic hydroxyl groups is 1. The van der Waals surface area contributed by atoms with E-state index in [0.29, 0.717) is 28.3 Å². The quantitative estimate of drug-likeness (QED) is 0.304. The number of hydrazone groups is 1. The lowest BCUT2D eigenvalue weighted by molar-refractivity contribution is 0.0503. The number of carbonyl (C=O) groups excluding carboxylic acids is 1. The Labute approximate surface area is 195 Å². The van der Waals surface area contributed by atoms with E-state index in [0.717, 1.165) is 24.6 Å². The van der Waals surface area contributed by atoms with Crippen molar-refractivity contribution < 1.29 is 9.90 Å². The van der Waals surface area contributed by atoms with Crippen LogP contribution in [0.15, 0.2) is 63.4 Å². The lowest BCUT2D eigenvalue weighted by Gasteiger charge is -2.34. The molecular formula is C24H24ClN5O3. The van der Waals surface area contributed by atoms with Crippen LogP contribution in [0.3, 0.4) is 0 Å². The standard InChI is InChI=1S/C24H24ClN5O3/c25-17-6-9-21-16(11-17)12-20(23(32)28-21)22(29-26)13-27-18-7-4-15(5-8-18)24(33)30-10-2-1-3-19(30)14-31/h4-9,11-13,19,31H,1-3,10,14,26H2,(H,28,32). The molecule has 4 N–H and O–H groups in total. The van der Waals surface area contributed by atoms with E-state index in [4.69, 9.17) is 17.4 Å². The number of H-pyrrole nitrogens is 1. The van der Waals surface area contributed by atoms with Crippen molar-refractivity contribution >= 4 is 46.0 Å². The van der Waals surface area contributed by atoms with Gasteiger partial charge in [0, 0.05) is 28.0 Å². The molecule has 2 heterocycles. The zero-order chi connectivity index (χ0) is 23.4. The third-order valence-corrected chi connectivity index (χ3v) is 6.01. The molecule has 33 heavy (non-hydrogen) atoms. The van der Waals surface area contributed by atoms with Crippen LogP contribution in [-0.2, 0) is 0 Å².